The lowest BCUT2D eigenvalue weighted by Crippen LogP contribution is -2.37. The van der Waals surface area contributed by atoms with Crippen molar-refractivity contribution >= 4 is 17.4 Å². The molecule has 1 amide bonds. The minimum Gasteiger partial charge on any atom is -0.382 e. The lowest BCUT2D eigenvalue weighted by atomic mass is 9.99. The summed E-state index contributed by atoms with van der Waals surface area (Å²) in [4.78, 5) is 14.3. The van der Waals surface area contributed by atoms with Crippen molar-refractivity contribution in [2.24, 2.45) is 0 Å². The molecule has 1 aromatic carbocycles. The average molecular weight is 270 g/mol. The van der Waals surface area contributed by atoms with E-state index in [1.54, 1.807) is 16.9 Å². The largest absolute Gasteiger partial charge is 0.382 e. The lowest BCUT2D eigenvalue weighted by molar-refractivity contribution is -0.119. The van der Waals surface area contributed by atoms with Crippen LogP contribution in [0.2, 0.25) is 0 Å². The van der Waals surface area contributed by atoms with Crippen molar-refractivity contribution in [1.82, 2.24) is 9.78 Å². The molecule has 5 heteroatoms. The van der Waals surface area contributed by atoms with Gasteiger partial charge in [0.05, 0.1) is 0 Å². The number of rotatable bonds is 2. The first-order chi connectivity index (χ1) is 9.63. The first-order valence-corrected chi connectivity index (χ1v) is 6.82. The quantitative estimate of drug-likeness (QED) is 0.904. The Kier molecular flexibility index (Phi) is 3.18. The maximum Gasteiger partial charge on any atom is 0.248 e. The number of benzene rings is 1. The molecule has 0 bridgehead atoms. The molecule has 1 aromatic heterocycles. The van der Waals surface area contributed by atoms with Crippen LogP contribution >= 0.6 is 0 Å². The summed E-state index contributed by atoms with van der Waals surface area (Å²) in [5.41, 5.74) is 9.09. The number of fused-ring (bicyclic) bond motifs is 1. The molecule has 5 nitrogen and oxygen atoms in total. The van der Waals surface area contributed by atoms with Crippen molar-refractivity contribution in [3.63, 3.8) is 0 Å². The summed E-state index contributed by atoms with van der Waals surface area (Å²) in [5, 5.41) is 4.06. The predicted molar refractivity (Wildman–Crippen MR) is 78.5 cm³/mol. The highest BCUT2D eigenvalue weighted by molar-refractivity contribution is 5.94. The van der Waals surface area contributed by atoms with Gasteiger partial charge in [0.1, 0.15) is 12.4 Å². The average Bonchev–Trinajstić information content (AvgIpc) is 2.83. The molecule has 0 radical (unpaired) electrons. The zero-order valence-corrected chi connectivity index (χ0v) is 11.5. The van der Waals surface area contributed by atoms with Crippen LogP contribution in [0.25, 0.3) is 0 Å². The van der Waals surface area contributed by atoms with Gasteiger partial charge in [-0.2, -0.15) is 5.10 Å². The first-order valence-electron chi connectivity index (χ1n) is 6.82. The monoisotopic (exact) mass is 270 g/mol. The summed E-state index contributed by atoms with van der Waals surface area (Å²) in [7, 11) is 0. The second kappa shape index (κ2) is 5.00. The normalized spacial score (nSPS) is 14.2. The van der Waals surface area contributed by atoms with E-state index < -0.39 is 0 Å². The highest BCUT2D eigenvalue weighted by Crippen LogP contribution is 2.28. The second-order valence-electron chi connectivity index (χ2n) is 5.22. The zero-order valence-electron chi connectivity index (χ0n) is 11.5. The fourth-order valence-corrected chi connectivity index (χ4v) is 2.67. The molecule has 3 rings (SSSR count). The van der Waals surface area contributed by atoms with Crippen LogP contribution in [-0.4, -0.2) is 22.2 Å². The molecule has 1 aliphatic heterocycles. The number of carbonyl (C=O) groups is 1. The SMILES string of the molecule is Cc1ccc2c(c1)CCCN2C(=O)Cn1ccc(N)n1. The highest BCUT2D eigenvalue weighted by Gasteiger charge is 2.22. The topological polar surface area (TPSA) is 64.2 Å². The van der Waals surface area contributed by atoms with Crippen molar-refractivity contribution < 1.29 is 4.79 Å². The van der Waals surface area contributed by atoms with E-state index in [9.17, 15) is 4.79 Å². The molecule has 0 saturated carbocycles. The predicted octanol–water partition coefficient (Wildman–Crippen LogP) is 1.75. The Morgan fingerprint density at radius 2 is 2.25 bits per heavy atom. The number of nitrogen functional groups attached to an aromatic ring is 1. The number of hydrogen-bond acceptors (Lipinski definition) is 3. The summed E-state index contributed by atoms with van der Waals surface area (Å²) in [6.07, 6.45) is 3.77. The van der Waals surface area contributed by atoms with Gasteiger partial charge < -0.3 is 10.6 Å². The third-order valence-corrected chi connectivity index (χ3v) is 3.61. The van der Waals surface area contributed by atoms with Crippen LogP contribution in [0.3, 0.4) is 0 Å². The van der Waals surface area contributed by atoms with Gasteiger partial charge in [0.15, 0.2) is 0 Å². The van der Waals surface area contributed by atoms with E-state index in [-0.39, 0.29) is 12.5 Å². The molecule has 0 atom stereocenters. The Balaban J connectivity index is 1.83. The second-order valence-corrected chi connectivity index (χ2v) is 5.22. The number of amides is 1. The van der Waals surface area contributed by atoms with E-state index in [1.165, 1.54) is 11.1 Å². The van der Waals surface area contributed by atoms with E-state index in [0.29, 0.717) is 5.82 Å². The van der Waals surface area contributed by atoms with Crippen LogP contribution in [0.4, 0.5) is 11.5 Å². The third-order valence-electron chi connectivity index (χ3n) is 3.61. The van der Waals surface area contributed by atoms with E-state index in [1.807, 2.05) is 11.0 Å². The molecular formula is C15H18N4O. The van der Waals surface area contributed by atoms with Crippen LogP contribution in [-0.2, 0) is 17.8 Å². The molecule has 0 spiro atoms. The maximum absolute atomic E-state index is 12.4. The van der Waals surface area contributed by atoms with Crippen molar-refractivity contribution in [2.45, 2.75) is 26.3 Å². The van der Waals surface area contributed by atoms with Crippen LogP contribution in [0.5, 0.6) is 0 Å². The standard InChI is InChI=1S/C15H18N4O/c1-11-4-5-13-12(9-11)3-2-7-19(13)15(20)10-18-8-6-14(16)17-18/h4-6,8-9H,2-3,7,10H2,1H3,(H2,16,17). The Hall–Kier alpha value is -2.30. The summed E-state index contributed by atoms with van der Waals surface area (Å²) in [6.45, 7) is 3.07. The Labute approximate surface area is 118 Å². The summed E-state index contributed by atoms with van der Waals surface area (Å²) in [6, 6.07) is 7.96. The van der Waals surface area contributed by atoms with Crippen molar-refractivity contribution in [3.05, 3.63) is 41.6 Å². The first kappa shape index (κ1) is 12.7. The fourth-order valence-electron chi connectivity index (χ4n) is 2.67. The molecule has 0 saturated heterocycles. The Morgan fingerprint density at radius 3 is 3.00 bits per heavy atom. The van der Waals surface area contributed by atoms with Crippen molar-refractivity contribution in [2.75, 3.05) is 17.2 Å². The van der Waals surface area contributed by atoms with Gasteiger partial charge in [0.2, 0.25) is 5.91 Å². The molecule has 0 aliphatic carbocycles. The summed E-state index contributed by atoms with van der Waals surface area (Å²) >= 11 is 0. The minimum atomic E-state index is 0.0536. The van der Waals surface area contributed by atoms with E-state index in [4.69, 9.17) is 5.73 Å². The molecule has 2 heterocycles. The Bertz CT molecular complexity index is 647. The number of aromatic nitrogens is 2. The summed E-state index contributed by atoms with van der Waals surface area (Å²) < 4.78 is 1.58. The fraction of sp³-hybridized carbons (Fsp3) is 0.333. The molecule has 2 N–H and O–H groups in total. The summed E-state index contributed by atoms with van der Waals surface area (Å²) in [5.74, 6) is 0.491. The lowest BCUT2D eigenvalue weighted by Gasteiger charge is -2.29. The van der Waals surface area contributed by atoms with E-state index in [2.05, 4.69) is 24.2 Å². The van der Waals surface area contributed by atoms with Gasteiger partial charge in [-0.15, -0.1) is 0 Å². The van der Waals surface area contributed by atoms with Crippen LogP contribution in [0, 0.1) is 6.92 Å². The van der Waals surface area contributed by atoms with Gasteiger partial charge in [-0.25, -0.2) is 0 Å². The minimum absolute atomic E-state index is 0.0536. The van der Waals surface area contributed by atoms with Crippen LogP contribution < -0.4 is 10.6 Å². The molecule has 2 aromatic rings. The number of nitrogens with two attached hydrogens (primary N) is 1. The van der Waals surface area contributed by atoms with Crippen LogP contribution in [0.1, 0.15) is 17.5 Å². The molecule has 20 heavy (non-hydrogen) atoms. The zero-order chi connectivity index (χ0) is 14.1. The number of aryl methyl sites for hydroxylation is 2. The molecule has 1 aliphatic rings. The molecule has 0 fully saturated rings. The highest BCUT2D eigenvalue weighted by atomic mass is 16.2. The van der Waals surface area contributed by atoms with Crippen molar-refractivity contribution in [3.8, 4) is 0 Å². The van der Waals surface area contributed by atoms with Crippen molar-refractivity contribution in [1.29, 1.82) is 0 Å². The third kappa shape index (κ3) is 2.39. The number of anilines is 2. The van der Waals surface area contributed by atoms with Gasteiger partial charge in [-0.05, 0) is 37.5 Å². The van der Waals surface area contributed by atoms with E-state index >= 15 is 0 Å². The number of nitrogens with zero attached hydrogens (tertiary/aromatic N) is 3. The number of carbonyl (C=O) groups excluding carboxylic acids is 1. The maximum atomic E-state index is 12.4. The number of hydrogen-bond donors (Lipinski definition) is 1. The molecule has 0 unspecified atom stereocenters. The van der Waals surface area contributed by atoms with Gasteiger partial charge in [-0.1, -0.05) is 17.7 Å². The van der Waals surface area contributed by atoms with Crippen LogP contribution in [0.15, 0.2) is 30.5 Å². The van der Waals surface area contributed by atoms with E-state index in [0.717, 1.165) is 25.1 Å². The molecule has 104 valence electrons. The van der Waals surface area contributed by atoms with Gasteiger partial charge in [0.25, 0.3) is 0 Å². The van der Waals surface area contributed by atoms with Gasteiger partial charge in [0, 0.05) is 18.4 Å². The van der Waals surface area contributed by atoms with Gasteiger partial charge >= 0.3 is 0 Å². The smallest absolute Gasteiger partial charge is 0.248 e. The molecular weight excluding hydrogens is 252 g/mol. The van der Waals surface area contributed by atoms with Gasteiger partial charge in [-0.3, -0.25) is 9.48 Å². The Morgan fingerprint density at radius 1 is 1.40 bits per heavy atom.